The van der Waals surface area contributed by atoms with Gasteiger partial charge in [0.1, 0.15) is 23.9 Å². The van der Waals surface area contributed by atoms with Crippen molar-refractivity contribution >= 4 is 39.4 Å². The molecule has 0 saturated heterocycles. The number of benzene rings is 3. The SMILES string of the molecule is COc1ccccc1NC(=O)COc1ccc(/C=N/NC(=O)CN(c2ccccc2F)S(C)(=O)=O)cc1. The normalized spacial score (nSPS) is 11.1. The number of para-hydroxylation sites is 3. The number of ether oxygens (including phenoxy) is 2. The number of nitrogens with one attached hydrogen (secondary N) is 2. The predicted octanol–water partition coefficient (Wildman–Crippen LogP) is 2.77. The zero-order valence-electron chi connectivity index (χ0n) is 20.0. The lowest BCUT2D eigenvalue weighted by Gasteiger charge is -2.21. The molecule has 0 aliphatic rings. The van der Waals surface area contributed by atoms with Crippen LogP contribution in [0.25, 0.3) is 0 Å². The molecule has 0 heterocycles. The quantitative estimate of drug-likeness (QED) is 0.291. The molecule has 0 radical (unpaired) electrons. The van der Waals surface area contributed by atoms with Crippen LogP contribution >= 0.6 is 0 Å². The maximum absolute atomic E-state index is 14.0. The van der Waals surface area contributed by atoms with E-state index < -0.39 is 28.3 Å². The number of carbonyl (C=O) groups excluding carboxylic acids is 2. The summed E-state index contributed by atoms with van der Waals surface area (Å²) < 4.78 is 49.5. The summed E-state index contributed by atoms with van der Waals surface area (Å²) in [7, 11) is -2.41. The molecule has 0 fully saturated rings. The highest BCUT2D eigenvalue weighted by molar-refractivity contribution is 7.92. The Kier molecular flexibility index (Phi) is 9.16. The van der Waals surface area contributed by atoms with Gasteiger partial charge in [0, 0.05) is 0 Å². The van der Waals surface area contributed by atoms with Crippen LogP contribution in [0.3, 0.4) is 0 Å². The minimum Gasteiger partial charge on any atom is -0.495 e. The van der Waals surface area contributed by atoms with E-state index in [1.165, 1.54) is 31.5 Å². The lowest BCUT2D eigenvalue weighted by Crippen LogP contribution is -2.39. The fourth-order valence-corrected chi connectivity index (χ4v) is 3.97. The van der Waals surface area contributed by atoms with Crippen LogP contribution in [-0.2, 0) is 19.6 Å². The molecule has 2 N–H and O–H groups in total. The molecule has 0 aliphatic carbocycles. The van der Waals surface area contributed by atoms with Crippen molar-refractivity contribution in [3.05, 3.63) is 84.2 Å². The van der Waals surface area contributed by atoms with Crippen LogP contribution in [-0.4, -0.2) is 53.0 Å². The summed E-state index contributed by atoms with van der Waals surface area (Å²) in [6.07, 6.45) is 2.21. The molecule has 10 nitrogen and oxygen atoms in total. The van der Waals surface area contributed by atoms with Crippen molar-refractivity contribution in [2.24, 2.45) is 5.10 Å². The fraction of sp³-hybridized carbons (Fsp3) is 0.160. The molecule has 37 heavy (non-hydrogen) atoms. The Morgan fingerprint density at radius 3 is 2.35 bits per heavy atom. The zero-order valence-corrected chi connectivity index (χ0v) is 20.9. The maximum Gasteiger partial charge on any atom is 0.262 e. The number of carbonyl (C=O) groups is 2. The summed E-state index contributed by atoms with van der Waals surface area (Å²) in [6.45, 7) is -0.874. The fourth-order valence-electron chi connectivity index (χ4n) is 3.11. The Labute approximate surface area is 213 Å². The van der Waals surface area contributed by atoms with Crippen LogP contribution in [0.2, 0.25) is 0 Å². The van der Waals surface area contributed by atoms with Gasteiger partial charge in [-0.3, -0.25) is 13.9 Å². The smallest absolute Gasteiger partial charge is 0.262 e. The third-order valence-corrected chi connectivity index (χ3v) is 5.97. The average Bonchev–Trinajstić information content (AvgIpc) is 2.87. The first kappa shape index (κ1) is 27.1. The summed E-state index contributed by atoms with van der Waals surface area (Å²) in [6, 6.07) is 18.8. The standard InChI is InChI=1S/C25H25FN4O6S/c1-35-23-10-6-4-8-21(23)28-25(32)17-36-19-13-11-18(12-14-19)15-27-29-24(31)16-30(37(2,33)34)22-9-5-3-7-20(22)26/h3-15H,16-17H2,1-2H3,(H,28,32)(H,29,31)/b27-15+. The van der Waals surface area contributed by atoms with Crippen molar-refractivity contribution in [2.75, 3.05) is 36.1 Å². The molecule has 12 heteroatoms. The van der Waals surface area contributed by atoms with Crippen molar-refractivity contribution in [1.29, 1.82) is 0 Å². The number of anilines is 2. The highest BCUT2D eigenvalue weighted by atomic mass is 32.2. The Morgan fingerprint density at radius 2 is 1.68 bits per heavy atom. The van der Waals surface area contributed by atoms with Gasteiger partial charge in [0.05, 0.1) is 31.0 Å². The third kappa shape index (κ3) is 8.04. The van der Waals surface area contributed by atoms with E-state index in [0.717, 1.165) is 12.3 Å². The van der Waals surface area contributed by atoms with Gasteiger partial charge in [-0.15, -0.1) is 0 Å². The first-order valence-electron chi connectivity index (χ1n) is 10.9. The van der Waals surface area contributed by atoms with Crippen LogP contribution in [0.4, 0.5) is 15.8 Å². The maximum atomic E-state index is 14.0. The highest BCUT2D eigenvalue weighted by Gasteiger charge is 2.23. The Hall–Kier alpha value is -4.45. The molecule has 0 aromatic heterocycles. The Balaban J connectivity index is 1.51. The molecule has 3 aromatic rings. The number of methoxy groups -OCH3 is 1. The number of sulfonamides is 1. The molecule has 0 saturated carbocycles. The molecule has 194 valence electrons. The summed E-state index contributed by atoms with van der Waals surface area (Å²) in [5, 5.41) is 6.51. The Bertz CT molecular complexity index is 1380. The minimum absolute atomic E-state index is 0.222. The van der Waals surface area contributed by atoms with Gasteiger partial charge in [-0.25, -0.2) is 18.2 Å². The van der Waals surface area contributed by atoms with Gasteiger partial charge in [0.15, 0.2) is 6.61 Å². The molecule has 0 atom stereocenters. The zero-order chi connectivity index (χ0) is 26.8. The van der Waals surface area contributed by atoms with Gasteiger partial charge in [-0.05, 0) is 54.1 Å². The number of hydrogen-bond donors (Lipinski definition) is 2. The molecule has 0 spiro atoms. The summed E-state index contributed by atoms with van der Waals surface area (Å²) in [4.78, 5) is 24.4. The van der Waals surface area contributed by atoms with E-state index in [-0.39, 0.29) is 18.2 Å². The minimum atomic E-state index is -3.92. The van der Waals surface area contributed by atoms with Crippen LogP contribution in [0.15, 0.2) is 77.9 Å². The average molecular weight is 529 g/mol. The Morgan fingerprint density at radius 1 is 1.00 bits per heavy atom. The number of nitrogens with zero attached hydrogens (tertiary/aromatic N) is 2. The van der Waals surface area contributed by atoms with E-state index >= 15 is 0 Å². The van der Waals surface area contributed by atoms with Crippen molar-refractivity contribution in [3.8, 4) is 11.5 Å². The molecular weight excluding hydrogens is 503 g/mol. The second kappa shape index (κ2) is 12.5. The van der Waals surface area contributed by atoms with Crippen LogP contribution in [0.5, 0.6) is 11.5 Å². The molecular formula is C25H25FN4O6S. The van der Waals surface area contributed by atoms with Gasteiger partial charge in [0.2, 0.25) is 10.0 Å². The second-order valence-electron chi connectivity index (χ2n) is 7.62. The highest BCUT2D eigenvalue weighted by Crippen LogP contribution is 2.23. The van der Waals surface area contributed by atoms with E-state index in [2.05, 4.69) is 15.8 Å². The lowest BCUT2D eigenvalue weighted by atomic mass is 10.2. The van der Waals surface area contributed by atoms with E-state index in [1.54, 1.807) is 48.5 Å². The monoisotopic (exact) mass is 528 g/mol. The topological polar surface area (TPSA) is 126 Å². The number of rotatable bonds is 11. The number of hydrogen-bond acceptors (Lipinski definition) is 7. The lowest BCUT2D eigenvalue weighted by molar-refractivity contribution is -0.119. The van der Waals surface area contributed by atoms with E-state index in [1.807, 2.05) is 0 Å². The van der Waals surface area contributed by atoms with Crippen molar-refractivity contribution in [1.82, 2.24) is 5.43 Å². The first-order valence-corrected chi connectivity index (χ1v) is 12.7. The first-order chi connectivity index (χ1) is 17.7. The van der Waals surface area contributed by atoms with E-state index in [4.69, 9.17) is 9.47 Å². The summed E-state index contributed by atoms with van der Waals surface area (Å²) in [5.41, 5.74) is 3.10. The summed E-state index contributed by atoms with van der Waals surface area (Å²) >= 11 is 0. The van der Waals surface area contributed by atoms with Gasteiger partial charge in [-0.1, -0.05) is 24.3 Å². The van der Waals surface area contributed by atoms with Crippen LogP contribution in [0, 0.1) is 5.82 Å². The van der Waals surface area contributed by atoms with Crippen molar-refractivity contribution in [3.63, 3.8) is 0 Å². The second-order valence-corrected chi connectivity index (χ2v) is 9.53. The third-order valence-electron chi connectivity index (χ3n) is 4.84. The van der Waals surface area contributed by atoms with Crippen LogP contribution in [0.1, 0.15) is 5.56 Å². The van der Waals surface area contributed by atoms with Gasteiger partial charge >= 0.3 is 0 Å². The van der Waals surface area contributed by atoms with Crippen molar-refractivity contribution < 1.29 is 31.9 Å². The largest absolute Gasteiger partial charge is 0.495 e. The van der Waals surface area contributed by atoms with Gasteiger partial charge in [0.25, 0.3) is 11.8 Å². The van der Waals surface area contributed by atoms with E-state index in [0.29, 0.717) is 27.1 Å². The molecule has 2 amide bonds. The number of hydrazone groups is 1. The van der Waals surface area contributed by atoms with Gasteiger partial charge in [-0.2, -0.15) is 5.10 Å². The van der Waals surface area contributed by atoms with E-state index in [9.17, 15) is 22.4 Å². The molecule has 3 aromatic carbocycles. The van der Waals surface area contributed by atoms with Crippen LogP contribution < -0.4 is 24.5 Å². The molecule has 0 aliphatic heterocycles. The number of amides is 2. The molecule has 0 bridgehead atoms. The predicted molar refractivity (Wildman–Crippen MR) is 138 cm³/mol. The van der Waals surface area contributed by atoms with Gasteiger partial charge < -0.3 is 14.8 Å². The van der Waals surface area contributed by atoms with Crippen molar-refractivity contribution in [2.45, 2.75) is 0 Å². The summed E-state index contributed by atoms with van der Waals surface area (Å²) in [5.74, 6) is -0.931. The molecule has 0 unspecified atom stereocenters. The number of halogens is 1. The molecule has 3 rings (SSSR count).